The molecule has 106 valence electrons. The molecule has 2 N–H and O–H groups in total. The molecule has 1 aliphatic heterocycles. The number of halogens is 1. The first kappa shape index (κ1) is 14.6. The van der Waals surface area contributed by atoms with Crippen LogP contribution in [-0.4, -0.2) is 51.3 Å². The van der Waals surface area contributed by atoms with Crippen molar-refractivity contribution >= 4 is 21.6 Å². The van der Waals surface area contributed by atoms with Gasteiger partial charge in [-0.25, -0.2) is 0 Å². The smallest absolute Gasteiger partial charge is 0.133 e. The minimum atomic E-state index is 0.591. The minimum Gasteiger partial charge on any atom is -0.496 e. The predicted molar refractivity (Wildman–Crippen MR) is 83.1 cm³/mol. The maximum Gasteiger partial charge on any atom is 0.133 e. The summed E-state index contributed by atoms with van der Waals surface area (Å²) >= 11 is 3.50. The van der Waals surface area contributed by atoms with E-state index in [0.717, 1.165) is 48.5 Å². The van der Waals surface area contributed by atoms with Gasteiger partial charge in [-0.3, -0.25) is 0 Å². The van der Waals surface area contributed by atoms with E-state index in [1.807, 2.05) is 12.1 Å². The average Bonchev–Trinajstić information content (AvgIpc) is 2.39. The summed E-state index contributed by atoms with van der Waals surface area (Å²) in [6, 6.07) is 6.66. The highest BCUT2D eigenvalue weighted by Gasteiger charge is 2.15. The van der Waals surface area contributed by atoms with Gasteiger partial charge in [0.15, 0.2) is 0 Å². The van der Waals surface area contributed by atoms with E-state index in [2.05, 4.69) is 44.6 Å². The molecule has 0 bridgehead atoms. The van der Waals surface area contributed by atoms with E-state index in [-0.39, 0.29) is 0 Å². The minimum absolute atomic E-state index is 0.591. The zero-order valence-electron chi connectivity index (χ0n) is 11.6. The van der Waals surface area contributed by atoms with Gasteiger partial charge in [0.25, 0.3) is 0 Å². The number of methoxy groups -OCH3 is 1. The number of ether oxygens (including phenoxy) is 1. The quantitative estimate of drug-likeness (QED) is 0.869. The van der Waals surface area contributed by atoms with Crippen LogP contribution >= 0.6 is 15.9 Å². The Morgan fingerprint density at radius 3 is 3.05 bits per heavy atom. The van der Waals surface area contributed by atoms with Crippen LogP contribution in [0.25, 0.3) is 0 Å². The van der Waals surface area contributed by atoms with Crippen molar-refractivity contribution in [1.82, 2.24) is 10.2 Å². The number of anilines is 1. The fourth-order valence-corrected chi connectivity index (χ4v) is 2.89. The van der Waals surface area contributed by atoms with Crippen molar-refractivity contribution in [3.63, 3.8) is 0 Å². The number of piperazine rings is 1. The molecule has 19 heavy (non-hydrogen) atoms. The lowest BCUT2D eigenvalue weighted by molar-refractivity contribution is 0.234. The SMILES string of the molecule is COc1ccc(NCCC2CN(C)CCN2)cc1Br. The molecule has 0 aliphatic carbocycles. The van der Waals surface area contributed by atoms with Crippen molar-refractivity contribution in [2.24, 2.45) is 0 Å². The Bertz CT molecular complexity index is 414. The zero-order valence-corrected chi connectivity index (χ0v) is 13.2. The second-order valence-corrected chi connectivity index (χ2v) is 5.83. The van der Waals surface area contributed by atoms with Crippen LogP contribution in [-0.2, 0) is 0 Å². The van der Waals surface area contributed by atoms with Gasteiger partial charge in [-0.2, -0.15) is 0 Å². The Morgan fingerprint density at radius 2 is 2.37 bits per heavy atom. The molecule has 1 saturated heterocycles. The Morgan fingerprint density at radius 1 is 1.53 bits per heavy atom. The first-order chi connectivity index (χ1) is 9.19. The van der Waals surface area contributed by atoms with E-state index in [4.69, 9.17) is 4.74 Å². The van der Waals surface area contributed by atoms with Crippen LogP contribution in [0.1, 0.15) is 6.42 Å². The highest BCUT2D eigenvalue weighted by atomic mass is 79.9. The summed E-state index contributed by atoms with van der Waals surface area (Å²) in [5, 5.41) is 7.01. The molecule has 4 nitrogen and oxygen atoms in total. The summed E-state index contributed by atoms with van der Waals surface area (Å²) < 4.78 is 6.20. The Labute approximate surface area is 123 Å². The highest BCUT2D eigenvalue weighted by Crippen LogP contribution is 2.27. The Kier molecular flexibility index (Phi) is 5.48. The maximum absolute atomic E-state index is 5.22. The first-order valence-corrected chi connectivity index (χ1v) is 7.47. The molecule has 0 spiro atoms. The molecule has 1 aliphatic rings. The molecular weight excluding hydrogens is 306 g/mol. The van der Waals surface area contributed by atoms with Crippen LogP contribution in [0.4, 0.5) is 5.69 Å². The first-order valence-electron chi connectivity index (χ1n) is 6.68. The standard InChI is InChI=1S/C14H22BrN3O/c1-18-8-7-17-12(10-18)5-6-16-11-3-4-14(19-2)13(15)9-11/h3-4,9,12,16-17H,5-8,10H2,1-2H3. The van der Waals surface area contributed by atoms with Gasteiger partial charge in [0.05, 0.1) is 11.6 Å². The van der Waals surface area contributed by atoms with Crippen LogP contribution in [0.5, 0.6) is 5.75 Å². The number of hydrogen-bond donors (Lipinski definition) is 2. The number of likely N-dealkylation sites (N-methyl/N-ethyl adjacent to an activating group) is 1. The number of hydrogen-bond acceptors (Lipinski definition) is 4. The van der Waals surface area contributed by atoms with E-state index in [0.29, 0.717) is 6.04 Å². The number of nitrogens with one attached hydrogen (secondary N) is 2. The molecule has 2 rings (SSSR count). The van der Waals surface area contributed by atoms with Crippen molar-refractivity contribution < 1.29 is 4.74 Å². The largest absolute Gasteiger partial charge is 0.496 e. The van der Waals surface area contributed by atoms with Crippen LogP contribution in [0.3, 0.4) is 0 Å². The normalized spacial score (nSPS) is 20.3. The van der Waals surface area contributed by atoms with Crippen LogP contribution in [0.15, 0.2) is 22.7 Å². The lowest BCUT2D eigenvalue weighted by atomic mass is 10.1. The second kappa shape index (κ2) is 7.12. The van der Waals surface area contributed by atoms with Crippen molar-refractivity contribution in [2.75, 3.05) is 45.7 Å². The number of nitrogens with zero attached hydrogens (tertiary/aromatic N) is 1. The van der Waals surface area contributed by atoms with Crippen molar-refractivity contribution in [2.45, 2.75) is 12.5 Å². The maximum atomic E-state index is 5.22. The van der Waals surface area contributed by atoms with Gasteiger partial charge in [-0.15, -0.1) is 0 Å². The van der Waals surface area contributed by atoms with E-state index in [1.54, 1.807) is 7.11 Å². The second-order valence-electron chi connectivity index (χ2n) is 4.98. The van der Waals surface area contributed by atoms with E-state index >= 15 is 0 Å². The summed E-state index contributed by atoms with van der Waals surface area (Å²) in [5.74, 6) is 0.862. The van der Waals surface area contributed by atoms with Gasteiger partial charge in [0.2, 0.25) is 0 Å². The van der Waals surface area contributed by atoms with Gasteiger partial charge in [-0.05, 0) is 47.6 Å². The van der Waals surface area contributed by atoms with Gasteiger partial charge in [-0.1, -0.05) is 0 Å². The molecule has 1 heterocycles. The average molecular weight is 328 g/mol. The monoisotopic (exact) mass is 327 g/mol. The van der Waals surface area contributed by atoms with E-state index < -0.39 is 0 Å². The van der Waals surface area contributed by atoms with Gasteiger partial charge in [0, 0.05) is 37.9 Å². The van der Waals surface area contributed by atoms with Gasteiger partial charge < -0.3 is 20.3 Å². The molecular formula is C14H22BrN3O. The third kappa shape index (κ3) is 4.37. The predicted octanol–water partition coefficient (Wildman–Crippen LogP) is 2.16. The summed E-state index contributed by atoms with van der Waals surface area (Å²) in [6.45, 7) is 4.35. The summed E-state index contributed by atoms with van der Waals surface area (Å²) in [6.07, 6.45) is 1.13. The molecule has 0 radical (unpaired) electrons. The fraction of sp³-hybridized carbons (Fsp3) is 0.571. The number of rotatable bonds is 5. The molecule has 1 unspecified atom stereocenters. The lowest BCUT2D eigenvalue weighted by Crippen LogP contribution is -2.49. The molecule has 1 atom stereocenters. The third-order valence-electron chi connectivity index (χ3n) is 3.43. The van der Waals surface area contributed by atoms with Gasteiger partial charge in [0.1, 0.15) is 5.75 Å². The molecule has 0 saturated carbocycles. The third-order valence-corrected chi connectivity index (χ3v) is 4.05. The van der Waals surface area contributed by atoms with Gasteiger partial charge >= 0.3 is 0 Å². The molecule has 1 aromatic rings. The molecule has 0 aromatic heterocycles. The summed E-state index contributed by atoms with van der Waals surface area (Å²) in [4.78, 5) is 2.38. The number of benzene rings is 1. The van der Waals surface area contributed by atoms with Crippen LogP contribution in [0, 0.1) is 0 Å². The molecule has 5 heteroatoms. The lowest BCUT2D eigenvalue weighted by Gasteiger charge is -2.31. The summed E-state index contributed by atoms with van der Waals surface area (Å²) in [5.41, 5.74) is 1.12. The molecule has 1 aromatic carbocycles. The van der Waals surface area contributed by atoms with Crippen molar-refractivity contribution in [3.8, 4) is 5.75 Å². The zero-order chi connectivity index (χ0) is 13.7. The topological polar surface area (TPSA) is 36.5 Å². The van der Waals surface area contributed by atoms with Crippen LogP contribution in [0.2, 0.25) is 0 Å². The van der Waals surface area contributed by atoms with Crippen LogP contribution < -0.4 is 15.4 Å². The Hall–Kier alpha value is -0.780. The Balaban J connectivity index is 1.77. The molecule has 1 fully saturated rings. The van der Waals surface area contributed by atoms with Crippen molar-refractivity contribution in [1.29, 1.82) is 0 Å². The molecule has 0 amide bonds. The fourth-order valence-electron chi connectivity index (χ4n) is 2.35. The highest BCUT2D eigenvalue weighted by molar-refractivity contribution is 9.10. The van der Waals surface area contributed by atoms with E-state index in [9.17, 15) is 0 Å². The van der Waals surface area contributed by atoms with E-state index in [1.165, 1.54) is 0 Å². The van der Waals surface area contributed by atoms with Crippen molar-refractivity contribution in [3.05, 3.63) is 22.7 Å². The summed E-state index contributed by atoms with van der Waals surface area (Å²) in [7, 11) is 3.86.